The number of ether oxygens (including phenoxy) is 1. The minimum atomic E-state index is -0.915. The van der Waals surface area contributed by atoms with Crippen LogP contribution in [0.3, 0.4) is 0 Å². The fourth-order valence-corrected chi connectivity index (χ4v) is 1.61. The molecule has 0 amide bonds. The molecule has 0 saturated carbocycles. The van der Waals surface area contributed by atoms with Crippen LogP contribution in [0, 0.1) is 12.7 Å². The number of rotatable bonds is 3. The number of carbonyl (C=O) groups is 1. The van der Waals surface area contributed by atoms with Crippen LogP contribution < -0.4 is 0 Å². The molecule has 0 bridgehead atoms. The summed E-state index contributed by atoms with van der Waals surface area (Å²) in [6, 6.07) is 2.76. The van der Waals surface area contributed by atoms with Crippen molar-refractivity contribution in [2.75, 3.05) is 0 Å². The highest BCUT2D eigenvalue weighted by Gasteiger charge is 2.14. The van der Waals surface area contributed by atoms with Gasteiger partial charge in [-0.25, -0.2) is 13.6 Å². The molecule has 1 rings (SSSR count). The molecule has 0 aliphatic rings. The van der Waals surface area contributed by atoms with Crippen LogP contribution in [0.5, 0.6) is 0 Å². The van der Waals surface area contributed by atoms with Crippen molar-refractivity contribution in [1.29, 1.82) is 0 Å². The molecule has 0 radical (unpaired) electrons. The zero-order valence-electron chi connectivity index (χ0n) is 11.6. The lowest BCUT2D eigenvalue weighted by Gasteiger charge is -2.18. The van der Waals surface area contributed by atoms with Crippen molar-refractivity contribution in [3.8, 4) is 0 Å². The summed E-state index contributed by atoms with van der Waals surface area (Å²) in [6.07, 6.45) is 2.58. The highest BCUT2D eigenvalue weighted by molar-refractivity contribution is 5.87. The molecule has 4 heteroatoms. The van der Waals surface area contributed by atoms with Crippen LogP contribution in [-0.4, -0.2) is 11.6 Å². The second kappa shape index (κ2) is 5.95. The van der Waals surface area contributed by atoms with Gasteiger partial charge in [-0.15, -0.1) is 0 Å². The van der Waals surface area contributed by atoms with Crippen molar-refractivity contribution in [3.05, 3.63) is 40.7 Å². The number of halogens is 2. The number of benzene rings is 1. The Kier molecular flexibility index (Phi) is 4.81. The van der Waals surface area contributed by atoms with Gasteiger partial charge in [-0.1, -0.05) is 6.07 Å². The van der Waals surface area contributed by atoms with Gasteiger partial charge < -0.3 is 4.74 Å². The van der Waals surface area contributed by atoms with Crippen molar-refractivity contribution in [2.24, 2.45) is 0 Å². The topological polar surface area (TPSA) is 26.3 Å². The first kappa shape index (κ1) is 15.3. The van der Waals surface area contributed by atoms with E-state index in [0.29, 0.717) is 11.1 Å². The van der Waals surface area contributed by atoms with Crippen molar-refractivity contribution in [3.63, 3.8) is 0 Å². The van der Waals surface area contributed by atoms with Gasteiger partial charge in [0.1, 0.15) is 18.1 Å². The van der Waals surface area contributed by atoms with Gasteiger partial charge in [0.15, 0.2) is 0 Å². The SMILES string of the molecule is Cc1ccc(F)c(CF)c1/C=C/C(=O)OC(C)(C)C. The molecular weight excluding hydrogens is 250 g/mol. The fraction of sp³-hybridized carbons (Fsp3) is 0.400. The molecule has 0 unspecified atom stereocenters. The Morgan fingerprint density at radius 3 is 2.53 bits per heavy atom. The van der Waals surface area contributed by atoms with Gasteiger partial charge in [-0.2, -0.15) is 0 Å². The maximum absolute atomic E-state index is 13.4. The molecule has 0 atom stereocenters. The average Bonchev–Trinajstić information content (AvgIpc) is 2.27. The fourth-order valence-electron chi connectivity index (χ4n) is 1.61. The molecular formula is C15H18F2O2. The van der Waals surface area contributed by atoms with E-state index >= 15 is 0 Å². The summed E-state index contributed by atoms with van der Waals surface area (Å²) in [5.74, 6) is -1.15. The lowest BCUT2D eigenvalue weighted by atomic mass is 10.0. The lowest BCUT2D eigenvalue weighted by molar-refractivity contribution is -0.148. The van der Waals surface area contributed by atoms with E-state index in [2.05, 4.69) is 0 Å². The molecule has 0 spiro atoms. The van der Waals surface area contributed by atoms with Crippen molar-refractivity contribution in [2.45, 2.75) is 40.0 Å². The van der Waals surface area contributed by atoms with Crippen LogP contribution in [0.2, 0.25) is 0 Å². The van der Waals surface area contributed by atoms with Gasteiger partial charge >= 0.3 is 5.97 Å². The Balaban J connectivity index is 2.99. The maximum Gasteiger partial charge on any atom is 0.331 e. The predicted octanol–water partition coefficient (Wildman–Crippen LogP) is 3.96. The first-order valence-corrected chi connectivity index (χ1v) is 5.99. The summed E-state index contributed by atoms with van der Waals surface area (Å²) in [5.41, 5.74) is 0.448. The van der Waals surface area contributed by atoms with E-state index in [1.165, 1.54) is 18.2 Å². The highest BCUT2D eigenvalue weighted by Crippen LogP contribution is 2.21. The average molecular weight is 268 g/mol. The van der Waals surface area contributed by atoms with E-state index in [4.69, 9.17) is 4.74 Å². The second-order valence-electron chi connectivity index (χ2n) is 5.26. The van der Waals surface area contributed by atoms with Gasteiger partial charge in [0.2, 0.25) is 0 Å². The van der Waals surface area contributed by atoms with Gasteiger partial charge in [0.05, 0.1) is 0 Å². The third kappa shape index (κ3) is 4.47. The van der Waals surface area contributed by atoms with E-state index in [0.717, 1.165) is 0 Å². The summed E-state index contributed by atoms with van der Waals surface area (Å²) in [6.45, 7) is 6.06. The Labute approximate surface area is 112 Å². The largest absolute Gasteiger partial charge is 0.457 e. The Morgan fingerprint density at radius 2 is 2.00 bits per heavy atom. The van der Waals surface area contributed by atoms with Crippen LogP contribution in [0.1, 0.15) is 37.5 Å². The van der Waals surface area contributed by atoms with Gasteiger partial charge in [0.25, 0.3) is 0 Å². The lowest BCUT2D eigenvalue weighted by Crippen LogP contribution is -2.22. The van der Waals surface area contributed by atoms with Crippen LogP contribution in [0.15, 0.2) is 18.2 Å². The van der Waals surface area contributed by atoms with Crippen LogP contribution in [0.4, 0.5) is 8.78 Å². The Morgan fingerprint density at radius 1 is 1.37 bits per heavy atom. The van der Waals surface area contributed by atoms with E-state index in [1.807, 2.05) is 0 Å². The van der Waals surface area contributed by atoms with Gasteiger partial charge in [-0.3, -0.25) is 0 Å². The normalized spacial score (nSPS) is 11.9. The molecule has 0 saturated heterocycles. The monoisotopic (exact) mass is 268 g/mol. The number of esters is 1. The summed E-state index contributed by atoms with van der Waals surface area (Å²) < 4.78 is 31.4. The molecule has 104 valence electrons. The molecule has 0 fully saturated rings. The van der Waals surface area contributed by atoms with Crippen molar-refractivity contribution >= 4 is 12.0 Å². The van der Waals surface area contributed by atoms with Gasteiger partial charge in [-0.05, 0) is 51.0 Å². The predicted molar refractivity (Wildman–Crippen MR) is 70.8 cm³/mol. The first-order valence-electron chi connectivity index (χ1n) is 5.99. The standard InChI is InChI=1S/C15H18F2O2/c1-10-5-7-13(17)12(9-16)11(10)6-8-14(18)19-15(2,3)4/h5-8H,9H2,1-4H3/b8-6+. The van der Waals surface area contributed by atoms with Crippen LogP contribution in [0.25, 0.3) is 6.08 Å². The molecule has 0 N–H and O–H groups in total. The van der Waals surface area contributed by atoms with Crippen molar-refractivity contribution in [1.82, 2.24) is 0 Å². The number of alkyl halides is 1. The van der Waals surface area contributed by atoms with E-state index in [9.17, 15) is 13.6 Å². The molecule has 0 aliphatic carbocycles. The number of hydrogen-bond donors (Lipinski definition) is 0. The number of carbonyl (C=O) groups excluding carboxylic acids is 1. The van der Waals surface area contributed by atoms with E-state index < -0.39 is 24.1 Å². The third-order valence-corrected chi connectivity index (χ3v) is 2.44. The zero-order valence-corrected chi connectivity index (χ0v) is 11.6. The minimum Gasteiger partial charge on any atom is -0.457 e. The molecule has 1 aromatic rings. The highest BCUT2D eigenvalue weighted by atomic mass is 19.1. The summed E-state index contributed by atoms with van der Waals surface area (Å²) in [5, 5.41) is 0. The molecule has 2 nitrogen and oxygen atoms in total. The van der Waals surface area contributed by atoms with Crippen LogP contribution >= 0.6 is 0 Å². The maximum atomic E-state index is 13.4. The molecule has 0 aromatic heterocycles. The number of aryl methyl sites for hydroxylation is 1. The molecule has 1 aromatic carbocycles. The van der Waals surface area contributed by atoms with Crippen molar-refractivity contribution < 1.29 is 18.3 Å². The second-order valence-corrected chi connectivity index (χ2v) is 5.26. The third-order valence-electron chi connectivity index (χ3n) is 2.44. The Bertz CT molecular complexity index is 500. The summed E-state index contributed by atoms with van der Waals surface area (Å²) in [4.78, 5) is 11.5. The first-order chi connectivity index (χ1) is 8.74. The quantitative estimate of drug-likeness (QED) is 0.612. The minimum absolute atomic E-state index is 0.0418. The molecule has 19 heavy (non-hydrogen) atoms. The van der Waals surface area contributed by atoms with E-state index in [-0.39, 0.29) is 5.56 Å². The Hall–Kier alpha value is -1.71. The van der Waals surface area contributed by atoms with Crippen LogP contribution in [-0.2, 0) is 16.2 Å². The molecule has 0 heterocycles. The van der Waals surface area contributed by atoms with E-state index in [1.54, 1.807) is 33.8 Å². The smallest absolute Gasteiger partial charge is 0.331 e. The van der Waals surface area contributed by atoms with Gasteiger partial charge in [0, 0.05) is 11.6 Å². The zero-order chi connectivity index (χ0) is 14.6. The number of hydrogen-bond acceptors (Lipinski definition) is 2. The summed E-state index contributed by atoms with van der Waals surface area (Å²) in [7, 11) is 0. The summed E-state index contributed by atoms with van der Waals surface area (Å²) >= 11 is 0. The molecule has 0 aliphatic heterocycles.